The van der Waals surface area contributed by atoms with Crippen molar-refractivity contribution in [2.24, 2.45) is 5.41 Å². The summed E-state index contributed by atoms with van der Waals surface area (Å²) in [5, 5.41) is 12.7. The van der Waals surface area contributed by atoms with Crippen molar-refractivity contribution in [1.29, 1.82) is 0 Å². The molecule has 0 spiro atoms. The Morgan fingerprint density at radius 2 is 2.00 bits per heavy atom. The topological polar surface area (TPSA) is 78.4 Å². The van der Waals surface area contributed by atoms with Crippen molar-refractivity contribution in [2.45, 2.75) is 32.4 Å². The average Bonchev–Trinajstić information content (AvgIpc) is 2.08. The van der Waals surface area contributed by atoms with Crippen LogP contribution in [0.4, 0.5) is 0 Å². The van der Waals surface area contributed by atoms with E-state index >= 15 is 0 Å². The highest BCUT2D eigenvalue weighted by molar-refractivity contribution is 7.88. The van der Waals surface area contributed by atoms with E-state index in [0.717, 1.165) is 12.7 Å². The second-order valence-electron chi connectivity index (χ2n) is 4.75. The van der Waals surface area contributed by atoms with Crippen LogP contribution in [0, 0.1) is 5.41 Å². The molecule has 1 aliphatic carbocycles. The highest BCUT2D eigenvalue weighted by Crippen LogP contribution is 2.40. The molecule has 2 unspecified atom stereocenters. The zero-order chi connectivity index (χ0) is 11.7. The molecule has 0 radical (unpaired) electrons. The van der Waals surface area contributed by atoms with Crippen molar-refractivity contribution in [3.05, 3.63) is 0 Å². The van der Waals surface area contributed by atoms with Crippen LogP contribution < -0.4 is 10.0 Å². The molecule has 5 nitrogen and oxygen atoms in total. The highest BCUT2D eigenvalue weighted by Gasteiger charge is 2.46. The Morgan fingerprint density at radius 1 is 1.40 bits per heavy atom. The molecule has 1 saturated carbocycles. The number of sulfonamides is 1. The quantitative estimate of drug-likeness (QED) is 0.551. The summed E-state index contributed by atoms with van der Waals surface area (Å²) in [5.41, 5.74) is -0.106. The van der Waals surface area contributed by atoms with E-state index in [9.17, 15) is 13.5 Å². The Bertz CT molecular complexity index is 313. The van der Waals surface area contributed by atoms with Gasteiger partial charge in [0.15, 0.2) is 0 Å². The molecule has 0 heterocycles. The number of hydrogen-bond donors (Lipinski definition) is 3. The van der Waals surface area contributed by atoms with Gasteiger partial charge in [0.25, 0.3) is 0 Å². The smallest absolute Gasteiger partial charge is 0.208 e. The molecule has 1 rings (SSSR count). The molecule has 0 aromatic heterocycles. The monoisotopic (exact) mass is 236 g/mol. The Hall–Kier alpha value is -0.170. The summed E-state index contributed by atoms with van der Waals surface area (Å²) in [5.74, 6) is 0. The summed E-state index contributed by atoms with van der Waals surface area (Å²) in [6.45, 7) is 4.99. The van der Waals surface area contributed by atoms with Crippen LogP contribution in [-0.2, 0) is 10.0 Å². The first-order chi connectivity index (χ1) is 6.73. The molecule has 1 aliphatic rings. The first-order valence-corrected chi connectivity index (χ1v) is 6.98. The van der Waals surface area contributed by atoms with Gasteiger partial charge in [0.2, 0.25) is 10.0 Å². The maximum Gasteiger partial charge on any atom is 0.208 e. The number of rotatable bonds is 5. The zero-order valence-corrected chi connectivity index (χ0v) is 10.3. The molecule has 0 aliphatic heterocycles. The van der Waals surface area contributed by atoms with Crippen molar-refractivity contribution >= 4 is 10.0 Å². The molecule has 1 fully saturated rings. The maximum atomic E-state index is 10.8. The molecule has 0 aromatic rings. The lowest BCUT2D eigenvalue weighted by Crippen LogP contribution is -2.60. The van der Waals surface area contributed by atoms with Crippen LogP contribution in [-0.4, -0.2) is 45.0 Å². The molecule has 6 heteroatoms. The summed E-state index contributed by atoms with van der Waals surface area (Å²) in [4.78, 5) is 0. The fourth-order valence-electron chi connectivity index (χ4n) is 1.73. The van der Waals surface area contributed by atoms with Gasteiger partial charge in [0, 0.05) is 24.5 Å². The molecule has 0 bridgehead atoms. The Labute approximate surface area is 91.3 Å². The molecule has 90 valence electrons. The molecular formula is C9H20N2O3S. The SMILES string of the molecule is CC1(C)C(O)CC1NCCNS(C)(=O)=O. The summed E-state index contributed by atoms with van der Waals surface area (Å²) in [6, 6.07) is 0.272. The van der Waals surface area contributed by atoms with Crippen LogP contribution in [0.2, 0.25) is 0 Å². The number of nitrogens with one attached hydrogen (secondary N) is 2. The van der Waals surface area contributed by atoms with Crippen LogP contribution in [0.1, 0.15) is 20.3 Å². The fourth-order valence-corrected chi connectivity index (χ4v) is 2.20. The Morgan fingerprint density at radius 3 is 2.40 bits per heavy atom. The minimum absolute atomic E-state index is 0.106. The zero-order valence-electron chi connectivity index (χ0n) is 9.45. The van der Waals surface area contributed by atoms with Gasteiger partial charge in [0.1, 0.15) is 0 Å². The normalized spacial score (nSPS) is 29.9. The summed E-state index contributed by atoms with van der Waals surface area (Å²) < 4.78 is 23.9. The summed E-state index contributed by atoms with van der Waals surface area (Å²) >= 11 is 0. The van der Waals surface area contributed by atoms with Gasteiger partial charge >= 0.3 is 0 Å². The second-order valence-corrected chi connectivity index (χ2v) is 6.58. The predicted molar refractivity (Wildman–Crippen MR) is 59.0 cm³/mol. The van der Waals surface area contributed by atoms with E-state index in [1.54, 1.807) is 0 Å². The third-order valence-electron chi connectivity index (χ3n) is 3.10. The van der Waals surface area contributed by atoms with Gasteiger partial charge in [0.05, 0.1) is 12.4 Å². The molecule has 0 saturated heterocycles. The number of aliphatic hydroxyl groups is 1. The minimum Gasteiger partial charge on any atom is -0.392 e. The van der Waals surface area contributed by atoms with Crippen LogP contribution in [0.15, 0.2) is 0 Å². The minimum atomic E-state index is -3.09. The van der Waals surface area contributed by atoms with Gasteiger partial charge < -0.3 is 10.4 Å². The molecular weight excluding hydrogens is 216 g/mol. The lowest BCUT2D eigenvalue weighted by Gasteiger charge is -2.49. The van der Waals surface area contributed by atoms with E-state index in [2.05, 4.69) is 10.0 Å². The predicted octanol–water partition coefficient (Wildman–Crippen LogP) is -0.715. The molecule has 15 heavy (non-hydrogen) atoms. The largest absolute Gasteiger partial charge is 0.392 e. The van der Waals surface area contributed by atoms with Crippen LogP contribution in [0.3, 0.4) is 0 Å². The van der Waals surface area contributed by atoms with E-state index in [0.29, 0.717) is 13.1 Å². The van der Waals surface area contributed by atoms with Crippen LogP contribution in [0.5, 0.6) is 0 Å². The third-order valence-corrected chi connectivity index (χ3v) is 3.82. The van der Waals surface area contributed by atoms with E-state index in [1.807, 2.05) is 13.8 Å². The lowest BCUT2D eigenvalue weighted by atomic mass is 9.64. The third kappa shape index (κ3) is 3.41. The number of hydrogen-bond acceptors (Lipinski definition) is 4. The Balaban J connectivity index is 2.18. The van der Waals surface area contributed by atoms with Crippen molar-refractivity contribution < 1.29 is 13.5 Å². The van der Waals surface area contributed by atoms with Crippen molar-refractivity contribution in [3.8, 4) is 0 Å². The maximum absolute atomic E-state index is 10.8. The summed E-state index contributed by atoms with van der Waals surface area (Å²) in [6.07, 6.45) is 1.63. The fraction of sp³-hybridized carbons (Fsp3) is 1.00. The van der Waals surface area contributed by atoms with Gasteiger partial charge in [-0.25, -0.2) is 13.1 Å². The highest BCUT2D eigenvalue weighted by atomic mass is 32.2. The van der Waals surface area contributed by atoms with Crippen molar-refractivity contribution in [2.75, 3.05) is 19.3 Å². The van der Waals surface area contributed by atoms with Crippen LogP contribution >= 0.6 is 0 Å². The van der Waals surface area contributed by atoms with E-state index in [1.165, 1.54) is 0 Å². The second kappa shape index (κ2) is 4.37. The van der Waals surface area contributed by atoms with E-state index in [4.69, 9.17) is 0 Å². The molecule has 3 N–H and O–H groups in total. The Kier molecular flexibility index (Phi) is 3.76. The first-order valence-electron chi connectivity index (χ1n) is 5.09. The van der Waals surface area contributed by atoms with Gasteiger partial charge in [-0.3, -0.25) is 0 Å². The van der Waals surface area contributed by atoms with Gasteiger partial charge in [-0.2, -0.15) is 0 Å². The lowest BCUT2D eigenvalue weighted by molar-refractivity contribution is -0.0719. The first kappa shape index (κ1) is 12.9. The van der Waals surface area contributed by atoms with E-state index < -0.39 is 10.0 Å². The van der Waals surface area contributed by atoms with Crippen molar-refractivity contribution in [1.82, 2.24) is 10.0 Å². The standard InChI is InChI=1S/C9H20N2O3S/c1-9(2)7(6-8(9)12)10-4-5-11-15(3,13)14/h7-8,10-12H,4-6H2,1-3H3. The van der Waals surface area contributed by atoms with Crippen molar-refractivity contribution in [3.63, 3.8) is 0 Å². The van der Waals surface area contributed by atoms with Crippen LogP contribution in [0.25, 0.3) is 0 Å². The molecule has 2 atom stereocenters. The van der Waals surface area contributed by atoms with Gasteiger partial charge in [-0.05, 0) is 6.42 Å². The molecule has 0 amide bonds. The van der Waals surface area contributed by atoms with E-state index in [-0.39, 0.29) is 17.6 Å². The summed E-state index contributed by atoms with van der Waals surface area (Å²) in [7, 11) is -3.09. The van der Waals surface area contributed by atoms with Gasteiger partial charge in [-0.1, -0.05) is 13.8 Å². The molecule has 0 aromatic carbocycles. The number of aliphatic hydroxyl groups excluding tert-OH is 1. The van der Waals surface area contributed by atoms with Gasteiger partial charge in [-0.15, -0.1) is 0 Å². The average molecular weight is 236 g/mol.